The van der Waals surface area contributed by atoms with Gasteiger partial charge >= 0.3 is 0 Å². The van der Waals surface area contributed by atoms with Crippen molar-refractivity contribution in [2.24, 2.45) is 0 Å². The molecule has 1 nitrogen and oxygen atoms in total. The summed E-state index contributed by atoms with van der Waals surface area (Å²) in [5.74, 6) is 0. The molecule has 0 aliphatic heterocycles. The van der Waals surface area contributed by atoms with Gasteiger partial charge in [-0.15, -0.1) is 0 Å². The van der Waals surface area contributed by atoms with Crippen molar-refractivity contribution in [2.45, 2.75) is 13.8 Å². The van der Waals surface area contributed by atoms with Gasteiger partial charge in [0.1, 0.15) is 0 Å². The van der Waals surface area contributed by atoms with E-state index in [2.05, 4.69) is 9.47 Å². The van der Waals surface area contributed by atoms with Crippen LogP contribution in [0.2, 0.25) is 0 Å². The highest BCUT2D eigenvalue weighted by molar-refractivity contribution is 7.09. The molecule has 2 heteroatoms. The van der Waals surface area contributed by atoms with Crippen LogP contribution in [0.1, 0.15) is 13.8 Å². The number of hydrogen-bond acceptors (Lipinski definition) is 1. The van der Waals surface area contributed by atoms with E-state index in [0.29, 0.717) is 6.61 Å². The molecule has 1 atom stereocenters. The van der Waals surface area contributed by atoms with E-state index in [1.165, 1.54) is 5.57 Å². The van der Waals surface area contributed by atoms with Crippen LogP contribution in [0.3, 0.4) is 0 Å². The van der Waals surface area contributed by atoms with Gasteiger partial charge in [0.2, 0.25) is 0 Å². The lowest BCUT2D eigenvalue weighted by atomic mass is 10.3. The molecule has 0 aromatic rings. The van der Waals surface area contributed by atoms with Crippen LogP contribution in [0, 0.1) is 0 Å². The summed E-state index contributed by atoms with van der Waals surface area (Å²) in [6.45, 7) is 4.79. The van der Waals surface area contributed by atoms with Crippen molar-refractivity contribution >= 4 is 9.47 Å². The van der Waals surface area contributed by atoms with Gasteiger partial charge in [0, 0.05) is 9.47 Å². The van der Waals surface area contributed by atoms with Crippen molar-refractivity contribution in [3.8, 4) is 0 Å². The minimum Gasteiger partial charge on any atom is -0.362 e. The van der Waals surface area contributed by atoms with E-state index >= 15 is 0 Å². The monoisotopic (exact) mass is 118 g/mol. The van der Waals surface area contributed by atoms with Gasteiger partial charge in [0.25, 0.3) is 0 Å². The molecule has 0 radical (unpaired) electrons. The van der Waals surface area contributed by atoms with Crippen LogP contribution in [-0.2, 0) is 4.52 Å². The number of rotatable bonds is 2. The third kappa shape index (κ3) is 6.13. The minimum absolute atomic E-state index is 0.701. The fourth-order valence-electron chi connectivity index (χ4n) is 0.215. The molecule has 0 bridgehead atoms. The quantitative estimate of drug-likeness (QED) is 0.396. The van der Waals surface area contributed by atoms with Crippen LogP contribution in [0.25, 0.3) is 0 Å². The van der Waals surface area contributed by atoms with Gasteiger partial charge in [0.15, 0.2) is 0 Å². The second-order valence-corrected chi connectivity index (χ2v) is 1.95. The smallest absolute Gasteiger partial charge is 0.0685 e. The summed E-state index contributed by atoms with van der Waals surface area (Å²) in [6.07, 6.45) is 2.02. The van der Waals surface area contributed by atoms with Crippen molar-refractivity contribution in [3.05, 3.63) is 11.6 Å². The molecule has 0 rings (SSSR count). The minimum atomic E-state index is 0.701. The van der Waals surface area contributed by atoms with E-state index in [1.54, 1.807) is 0 Å². The fourth-order valence-corrected chi connectivity index (χ4v) is 0.311. The summed E-state index contributed by atoms with van der Waals surface area (Å²) in [7, 11) is 2.20. The number of allylic oxidation sites excluding steroid dienone is 1. The third-order valence-electron chi connectivity index (χ3n) is 0.588. The Morgan fingerprint density at radius 2 is 2.29 bits per heavy atom. The van der Waals surface area contributed by atoms with E-state index in [4.69, 9.17) is 4.52 Å². The van der Waals surface area contributed by atoms with Gasteiger partial charge in [-0.2, -0.15) is 0 Å². The maximum absolute atomic E-state index is 4.69. The largest absolute Gasteiger partial charge is 0.362 e. The normalized spacial score (nSPS) is 8.43. The maximum Gasteiger partial charge on any atom is 0.0685 e. The van der Waals surface area contributed by atoms with Crippen molar-refractivity contribution in [2.75, 3.05) is 6.61 Å². The molecule has 0 fully saturated rings. The molecule has 0 aliphatic carbocycles. The molecule has 0 saturated heterocycles. The van der Waals surface area contributed by atoms with Crippen LogP contribution in [0.4, 0.5) is 0 Å². The summed E-state index contributed by atoms with van der Waals surface area (Å²) in [5, 5.41) is 0. The average Bonchev–Trinajstić information content (AvgIpc) is 1.61. The Labute approximate surface area is 47.0 Å². The number of hydrogen-bond donors (Lipinski definition) is 0. The van der Waals surface area contributed by atoms with Crippen molar-refractivity contribution < 1.29 is 4.52 Å². The first kappa shape index (κ1) is 7.13. The van der Waals surface area contributed by atoms with Gasteiger partial charge in [-0.25, -0.2) is 0 Å². The predicted molar refractivity (Wildman–Crippen MR) is 35.1 cm³/mol. The van der Waals surface area contributed by atoms with E-state index in [1.807, 2.05) is 19.9 Å². The zero-order valence-electron chi connectivity index (χ0n) is 4.77. The molecule has 0 heterocycles. The Hall–Kier alpha value is 0.130. The Morgan fingerprint density at radius 3 is 2.43 bits per heavy atom. The highest BCUT2D eigenvalue weighted by atomic mass is 31.0. The molecule has 0 aromatic carbocycles. The molecule has 0 spiro atoms. The Kier molecular flexibility index (Phi) is 4.37. The molecule has 0 aliphatic rings. The molecule has 1 unspecified atom stereocenters. The van der Waals surface area contributed by atoms with E-state index < -0.39 is 0 Å². The lowest BCUT2D eigenvalue weighted by molar-refractivity contribution is 0.426. The van der Waals surface area contributed by atoms with Gasteiger partial charge in [-0.1, -0.05) is 11.6 Å². The first-order chi connectivity index (χ1) is 3.27. The Bertz CT molecular complexity index is 64.5. The van der Waals surface area contributed by atoms with Crippen LogP contribution in [0.15, 0.2) is 11.6 Å². The summed E-state index contributed by atoms with van der Waals surface area (Å²) in [4.78, 5) is 0. The van der Waals surface area contributed by atoms with E-state index in [-0.39, 0.29) is 0 Å². The highest BCUT2D eigenvalue weighted by Crippen LogP contribution is 1.90. The van der Waals surface area contributed by atoms with Crippen LogP contribution in [-0.4, -0.2) is 6.61 Å². The van der Waals surface area contributed by atoms with E-state index in [9.17, 15) is 0 Å². The highest BCUT2D eigenvalue weighted by Gasteiger charge is 1.72. The average molecular weight is 118 g/mol. The first-order valence-electron chi connectivity index (χ1n) is 2.22. The molecule has 7 heavy (non-hydrogen) atoms. The lowest BCUT2D eigenvalue weighted by Gasteiger charge is -1.87. The summed E-state index contributed by atoms with van der Waals surface area (Å²) >= 11 is 0. The van der Waals surface area contributed by atoms with E-state index in [0.717, 1.165) is 0 Å². The van der Waals surface area contributed by atoms with Gasteiger partial charge in [-0.05, 0) is 13.8 Å². The maximum atomic E-state index is 4.69. The topological polar surface area (TPSA) is 9.23 Å². The molecule has 0 amide bonds. The molecular weight excluding hydrogens is 107 g/mol. The van der Waals surface area contributed by atoms with Crippen LogP contribution >= 0.6 is 9.47 Å². The fraction of sp³-hybridized carbons (Fsp3) is 0.600. The second-order valence-electron chi connectivity index (χ2n) is 1.61. The Balaban J connectivity index is 3.08. The van der Waals surface area contributed by atoms with Gasteiger partial charge in [-0.3, -0.25) is 0 Å². The molecule has 0 N–H and O–H groups in total. The zero-order chi connectivity index (χ0) is 5.70. The van der Waals surface area contributed by atoms with Crippen LogP contribution in [0.5, 0.6) is 0 Å². The zero-order valence-corrected chi connectivity index (χ0v) is 5.92. The molecular formula is C5H11OP. The van der Waals surface area contributed by atoms with Crippen molar-refractivity contribution in [1.29, 1.82) is 0 Å². The summed E-state index contributed by atoms with van der Waals surface area (Å²) < 4.78 is 4.69. The van der Waals surface area contributed by atoms with Gasteiger partial charge in [0.05, 0.1) is 6.61 Å². The lowest BCUT2D eigenvalue weighted by Crippen LogP contribution is -1.74. The van der Waals surface area contributed by atoms with Gasteiger partial charge < -0.3 is 4.52 Å². The molecule has 42 valence electrons. The second kappa shape index (κ2) is 4.29. The van der Waals surface area contributed by atoms with Crippen molar-refractivity contribution in [3.63, 3.8) is 0 Å². The predicted octanol–water partition coefficient (Wildman–Crippen LogP) is 1.76. The third-order valence-corrected chi connectivity index (χ3v) is 0.780. The standard InChI is InChI=1S/C5H11OP/c1-5(2)3-4-6-7/h3H,4,7H2,1-2H3. The van der Waals surface area contributed by atoms with Crippen LogP contribution < -0.4 is 0 Å². The van der Waals surface area contributed by atoms with Crippen molar-refractivity contribution in [1.82, 2.24) is 0 Å². The molecule has 0 saturated carbocycles. The SMILES string of the molecule is CC(C)=CCOP. The summed E-state index contributed by atoms with van der Waals surface area (Å²) in [5.41, 5.74) is 1.29. The first-order valence-corrected chi connectivity index (χ1v) is 2.69. The molecule has 0 aromatic heterocycles. The Morgan fingerprint density at radius 1 is 1.71 bits per heavy atom. The summed E-state index contributed by atoms with van der Waals surface area (Å²) in [6, 6.07) is 0.